The summed E-state index contributed by atoms with van der Waals surface area (Å²) in [5.74, 6) is 0.228. The molecule has 116 valence electrons. The van der Waals surface area contributed by atoms with Crippen LogP contribution in [0, 0.1) is 5.41 Å². The number of aromatic nitrogens is 1. The van der Waals surface area contributed by atoms with Crippen molar-refractivity contribution in [2.24, 2.45) is 5.41 Å². The van der Waals surface area contributed by atoms with Gasteiger partial charge in [-0.25, -0.2) is 0 Å². The summed E-state index contributed by atoms with van der Waals surface area (Å²) in [4.78, 5) is 12.1. The van der Waals surface area contributed by atoms with E-state index in [1.165, 1.54) is 0 Å². The van der Waals surface area contributed by atoms with Gasteiger partial charge in [0.05, 0.1) is 6.61 Å². The zero-order chi connectivity index (χ0) is 15.6. The number of nitrogens with one attached hydrogen (secondary N) is 1. The van der Waals surface area contributed by atoms with Gasteiger partial charge in [-0.05, 0) is 37.1 Å². The molecule has 2 N–H and O–H groups in total. The molecule has 5 nitrogen and oxygen atoms in total. The summed E-state index contributed by atoms with van der Waals surface area (Å²) in [5, 5.41) is 16.7. The van der Waals surface area contributed by atoms with Gasteiger partial charge in [-0.3, -0.25) is 4.79 Å². The van der Waals surface area contributed by atoms with Gasteiger partial charge in [0.15, 0.2) is 11.5 Å². The van der Waals surface area contributed by atoms with Gasteiger partial charge < -0.3 is 14.9 Å². The Morgan fingerprint density at radius 3 is 2.68 bits per heavy atom. The smallest absolute Gasteiger partial charge is 0.273 e. The van der Waals surface area contributed by atoms with Gasteiger partial charge in [-0.2, -0.15) is 0 Å². The van der Waals surface area contributed by atoms with Crippen molar-refractivity contribution in [1.82, 2.24) is 10.5 Å². The zero-order valence-electron chi connectivity index (χ0n) is 12.0. The number of aliphatic hydroxyl groups is 1. The van der Waals surface area contributed by atoms with Crippen LogP contribution in [0.15, 0.2) is 34.9 Å². The van der Waals surface area contributed by atoms with Crippen molar-refractivity contribution in [3.63, 3.8) is 0 Å². The number of hydrogen-bond acceptors (Lipinski definition) is 4. The Hall–Kier alpha value is -1.85. The lowest BCUT2D eigenvalue weighted by Crippen LogP contribution is -2.44. The molecule has 1 aromatic heterocycles. The highest BCUT2D eigenvalue weighted by atomic mass is 35.5. The van der Waals surface area contributed by atoms with E-state index in [1.807, 2.05) is 0 Å². The molecule has 6 heteroatoms. The summed E-state index contributed by atoms with van der Waals surface area (Å²) in [6.07, 6.45) is 2.98. The molecular weight excluding hydrogens is 304 g/mol. The first kappa shape index (κ1) is 15.1. The van der Waals surface area contributed by atoms with Crippen molar-refractivity contribution in [3.8, 4) is 11.3 Å². The molecule has 2 aromatic rings. The molecule has 1 saturated carbocycles. The minimum Gasteiger partial charge on any atom is -0.396 e. The molecule has 1 aromatic carbocycles. The van der Waals surface area contributed by atoms with E-state index in [9.17, 15) is 9.90 Å². The van der Waals surface area contributed by atoms with Crippen LogP contribution in [0.3, 0.4) is 0 Å². The van der Waals surface area contributed by atoms with Crippen molar-refractivity contribution in [3.05, 3.63) is 41.0 Å². The van der Waals surface area contributed by atoms with Crippen LogP contribution in [0.4, 0.5) is 0 Å². The van der Waals surface area contributed by atoms with E-state index in [0.29, 0.717) is 17.3 Å². The van der Waals surface area contributed by atoms with Crippen molar-refractivity contribution in [2.45, 2.75) is 19.3 Å². The Balaban J connectivity index is 1.65. The summed E-state index contributed by atoms with van der Waals surface area (Å²) in [5.41, 5.74) is 0.887. The van der Waals surface area contributed by atoms with Crippen LogP contribution < -0.4 is 5.32 Å². The first-order valence-corrected chi connectivity index (χ1v) is 7.61. The van der Waals surface area contributed by atoms with Gasteiger partial charge in [0.2, 0.25) is 0 Å². The van der Waals surface area contributed by atoms with Gasteiger partial charge in [-0.15, -0.1) is 0 Å². The second kappa shape index (κ2) is 6.10. The zero-order valence-corrected chi connectivity index (χ0v) is 12.8. The minimum atomic E-state index is -0.288. The van der Waals surface area contributed by atoms with E-state index in [1.54, 1.807) is 30.3 Å². The van der Waals surface area contributed by atoms with Gasteiger partial charge in [0.1, 0.15) is 0 Å². The molecule has 1 amide bonds. The Morgan fingerprint density at radius 2 is 2.09 bits per heavy atom. The number of nitrogens with zero attached hydrogens (tertiary/aromatic N) is 1. The number of amides is 1. The number of hydrogen-bond donors (Lipinski definition) is 2. The number of aliphatic hydroxyl groups excluding tert-OH is 1. The van der Waals surface area contributed by atoms with E-state index in [-0.39, 0.29) is 23.6 Å². The Morgan fingerprint density at radius 1 is 1.36 bits per heavy atom. The van der Waals surface area contributed by atoms with Crippen LogP contribution in [0.5, 0.6) is 0 Å². The summed E-state index contributed by atoms with van der Waals surface area (Å²) >= 11 is 5.84. The van der Waals surface area contributed by atoms with E-state index in [2.05, 4.69) is 10.5 Å². The monoisotopic (exact) mass is 320 g/mol. The number of carbonyl (C=O) groups excluding carboxylic acids is 1. The first-order valence-electron chi connectivity index (χ1n) is 7.24. The molecule has 0 atom stereocenters. The summed E-state index contributed by atoms with van der Waals surface area (Å²) in [6, 6.07) is 8.71. The Labute approximate surface area is 133 Å². The fourth-order valence-corrected chi connectivity index (χ4v) is 2.68. The van der Waals surface area contributed by atoms with Crippen LogP contribution in [0.2, 0.25) is 5.02 Å². The fraction of sp³-hybridized carbons (Fsp3) is 0.375. The molecule has 0 saturated heterocycles. The Bertz CT molecular complexity index is 657. The molecule has 22 heavy (non-hydrogen) atoms. The third-order valence-corrected chi connectivity index (χ3v) is 4.50. The lowest BCUT2D eigenvalue weighted by atomic mass is 9.69. The largest absolute Gasteiger partial charge is 0.396 e. The van der Waals surface area contributed by atoms with Crippen LogP contribution in [0.1, 0.15) is 29.8 Å². The summed E-state index contributed by atoms with van der Waals surface area (Å²) < 4.78 is 5.21. The highest BCUT2D eigenvalue weighted by Gasteiger charge is 2.36. The fourth-order valence-electron chi connectivity index (χ4n) is 2.56. The van der Waals surface area contributed by atoms with Gasteiger partial charge in [0, 0.05) is 28.6 Å². The predicted octanol–water partition coefficient (Wildman–Crippen LogP) is 2.89. The topological polar surface area (TPSA) is 75.4 Å². The first-order chi connectivity index (χ1) is 10.6. The number of carbonyl (C=O) groups is 1. The molecule has 0 unspecified atom stereocenters. The molecule has 1 aliphatic rings. The Kier molecular flexibility index (Phi) is 4.18. The average Bonchev–Trinajstić information content (AvgIpc) is 2.97. The molecule has 1 heterocycles. The highest BCUT2D eigenvalue weighted by Crippen LogP contribution is 2.39. The molecule has 1 fully saturated rings. The minimum absolute atomic E-state index is 0.0993. The number of halogens is 1. The van der Waals surface area contributed by atoms with Gasteiger partial charge >= 0.3 is 0 Å². The molecule has 0 radical (unpaired) electrons. The maximum atomic E-state index is 12.1. The predicted molar refractivity (Wildman–Crippen MR) is 82.7 cm³/mol. The third-order valence-electron chi connectivity index (χ3n) is 4.25. The van der Waals surface area contributed by atoms with E-state index < -0.39 is 0 Å². The summed E-state index contributed by atoms with van der Waals surface area (Å²) in [7, 11) is 0. The highest BCUT2D eigenvalue weighted by molar-refractivity contribution is 6.30. The van der Waals surface area contributed by atoms with Crippen LogP contribution >= 0.6 is 11.6 Å². The maximum Gasteiger partial charge on any atom is 0.273 e. The van der Waals surface area contributed by atoms with Crippen molar-refractivity contribution < 1.29 is 14.4 Å². The van der Waals surface area contributed by atoms with Crippen LogP contribution in [0.25, 0.3) is 11.3 Å². The number of rotatable bonds is 5. The average molecular weight is 321 g/mol. The molecule has 1 aliphatic carbocycles. The lowest BCUT2D eigenvalue weighted by molar-refractivity contribution is 0.0427. The van der Waals surface area contributed by atoms with Crippen LogP contribution in [-0.2, 0) is 0 Å². The SMILES string of the molecule is O=C(NCC1(CO)CCC1)c1cc(-c2ccc(Cl)cc2)on1. The second-order valence-corrected chi connectivity index (χ2v) is 6.21. The van der Waals surface area contributed by atoms with E-state index in [0.717, 1.165) is 24.8 Å². The van der Waals surface area contributed by atoms with E-state index >= 15 is 0 Å². The normalized spacial score (nSPS) is 16.1. The lowest BCUT2D eigenvalue weighted by Gasteiger charge is -2.40. The second-order valence-electron chi connectivity index (χ2n) is 5.78. The van der Waals surface area contributed by atoms with Crippen molar-refractivity contribution >= 4 is 17.5 Å². The van der Waals surface area contributed by atoms with Gasteiger partial charge in [0.25, 0.3) is 5.91 Å². The third kappa shape index (κ3) is 3.00. The molecule has 0 spiro atoms. The molecule has 0 bridgehead atoms. The van der Waals surface area contributed by atoms with Crippen LogP contribution in [-0.4, -0.2) is 29.3 Å². The van der Waals surface area contributed by atoms with Crippen molar-refractivity contribution in [2.75, 3.05) is 13.2 Å². The quantitative estimate of drug-likeness (QED) is 0.888. The molecule has 3 rings (SSSR count). The summed E-state index contributed by atoms with van der Waals surface area (Å²) in [6.45, 7) is 0.563. The standard InChI is InChI=1S/C16H17ClN2O3/c17-12-4-2-11(3-5-12)14-8-13(19-22-14)15(21)18-9-16(10-20)6-1-7-16/h2-5,8,20H,1,6-7,9-10H2,(H,18,21). The maximum absolute atomic E-state index is 12.1. The number of benzene rings is 1. The van der Waals surface area contributed by atoms with Crippen molar-refractivity contribution in [1.29, 1.82) is 0 Å². The molecule has 0 aliphatic heterocycles. The van der Waals surface area contributed by atoms with Gasteiger partial charge in [-0.1, -0.05) is 23.2 Å². The molecular formula is C16H17ClN2O3. The van der Waals surface area contributed by atoms with E-state index in [4.69, 9.17) is 16.1 Å².